The van der Waals surface area contributed by atoms with Gasteiger partial charge in [0.15, 0.2) is 0 Å². The Morgan fingerprint density at radius 3 is 3.00 bits per heavy atom. The van der Waals surface area contributed by atoms with Crippen LogP contribution in [0.2, 0.25) is 0 Å². The lowest BCUT2D eigenvalue weighted by Gasteiger charge is -2.34. The van der Waals surface area contributed by atoms with Gasteiger partial charge in [0, 0.05) is 13.0 Å². The van der Waals surface area contributed by atoms with Crippen LogP contribution in [0.25, 0.3) is 0 Å². The number of furan rings is 1. The Morgan fingerprint density at radius 1 is 1.50 bits per heavy atom. The molecule has 2 rings (SSSR count). The standard InChI is InChI=1S/C14H21NO3/c1-3-4-5-14(16)15-8-9-17-10-12(15)13-7-6-11(2)18-13/h6-7,12H,3-5,8-10H2,1-2H3. The highest BCUT2D eigenvalue weighted by Gasteiger charge is 2.30. The highest BCUT2D eigenvalue weighted by molar-refractivity contribution is 5.76. The molecule has 1 unspecified atom stereocenters. The second-order valence-electron chi connectivity index (χ2n) is 4.73. The van der Waals surface area contributed by atoms with Crippen LogP contribution in [-0.4, -0.2) is 30.6 Å². The normalized spacial score (nSPS) is 20.1. The van der Waals surface area contributed by atoms with E-state index in [0.717, 1.165) is 24.4 Å². The average molecular weight is 251 g/mol. The first-order valence-corrected chi connectivity index (χ1v) is 6.66. The average Bonchev–Trinajstić information content (AvgIpc) is 2.82. The van der Waals surface area contributed by atoms with E-state index in [4.69, 9.17) is 9.15 Å². The summed E-state index contributed by atoms with van der Waals surface area (Å²) < 4.78 is 11.1. The Hall–Kier alpha value is -1.29. The molecular formula is C14H21NO3. The number of amides is 1. The van der Waals surface area contributed by atoms with Crippen molar-refractivity contribution < 1.29 is 13.9 Å². The maximum atomic E-state index is 12.2. The smallest absolute Gasteiger partial charge is 0.223 e. The maximum Gasteiger partial charge on any atom is 0.223 e. The molecule has 1 aromatic heterocycles. The van der Waals surface area contributed by atoms with E-state index in [-0.39, 0.29) is 11.9 Å². The molecule has 1 aromatic rings. The molecule has 0 bridgehead atoms. The first kappa shape index (κ1) is 13.1. The van der Waals surface area contributed by atoms with Gasteiger partial charge in [-0.2, -0.15) is 0 Å². The summed E-state index contributed by atoms with van der Waals surface area (Å²) in [5.41, 5.74) is 0. The van der Waals surface area contributed by atoms with E-state index in [1.54, 1.807) is 0 Å². The van der Waals surface area contributed by atoms with Gasteiger partial charge in [0.2, 0.25) is 5.91 Å². The minimum Gasteiger partial charge on any atom is -0.464 e. The third-order valence-electron chi connectivity index (χ3n) is 3.28. The highest BCUT2D eigenvalue weighted by atomic mass is 16.5. The van der Waals surface area contributed by atoms with Gasteiger partial charge in [-0.15, -0.1) is 0 Å². The third kappa shape index (κ3) is 2.93. The molecule has 100 valence electrons. The molecule has 0 N–H and O–H groups in total. The second kappa shape index (κ2) is 6.05. The topological polar surface area (TPSA) is 42.7 Å². The van der Waals surface area contributed by atoms with Gasteiger partial charge in [-0.05, 0) is 25.5 Å². The summed E-state index contributed by atoms with van der Waals surface area (Å²) in [6.45, 7) is 5.82. The fraction of sp³-hybridized carbons (Fsp3) is 0.643. The van der Waals surface area contributed by atoms with Crippen LogP contribution >= 0.6 is 0 Å². The largest absolute Gasteiger partial charge is 0.464 e. The van der Waals surface area contributed by atoms with Gasteiger partial charge in [0.25, 0.3) is 0 Å². The molecule has 0 saturated carbocycles. The van der Waals surface area contributed by atoms with Crippen molar-refractivity contribution in [1.82, 2.24) is 4.90 Å². The van der Waals surface area contributed by atoms with E-state index in [1.807, 2.05) is 24.0 Å². The number of morpholine rings is 1. The van der Waals surface area contributed by atoms with E-state index in [1.165, 1.54) is 0 Å². The number of carbonyl (C=O) groups excluding carboxylic acids is 1. The first-order chi connectivity index (χ1) is 8.72. The number of ether oxygens (including phenoxy) is 1. The van der Waals surface area contributed by atoms with Crippen molar-refractivity contribution in [3.8, 4) is 0 Å². The number of unbranched alkanes of at least 4 members (excludes halogenated alkanes) is 1. The molecule has 2 heterocycles. The fourth-order valence-corrected chi connectivity index (χ4v) is 2.24. The van der Waals surface area contributed by atoms with Gasteiger partial charge in [-0.3, -0.25) is 4.79 Å². The zero-order chi connectivity index (χ0) is 13.0. The maximum absolute atomic E-state index is 12.2. The fourth-order valence-electron chi connectivity index (χ4n) is 2.24. The van der Waals surface area contributed by atoms with Gasteiger partial charge in [-0.25, -0.2) is 0 Å². The molecule has 0 aromatic carbocycles. The lowest BCUT2D eigenvalue weighted by Crippen LogP contribution is -2.43. The van der Waals surface area contributed by atoms with E-state index < -0.39 is 0 Å². The van der Waals surface area contributed by atoms with E-state index >= 15 is 0 Å². The molecule has 1 amide bonds. The minimum absolute atomic E-state index is 0.0585. The predicted molar refractivity (Wildman–Crippen MR) is 68.2 cm³/mol. The van der Waals surface area contributed by atoms with Crippen molar-refractivity contribution in [2.75, 3.05) is 19.8 Å². The van der Waals surface area contributed by atoms with Crippen LogP contribution in [0.3, 0.4) is 0 Å². The quantitative estimate of drug-likeness (QED) is 0.826. The van der Waals surface area contributed by atoms with Crippen LogP contribution in [-0.2, 0) is 9.53 Å². The summed E-state index contributed by atoms with van der Waals surface area (Å²) in [5, 5.41) is 0. The number of hydrogen-bond acceptors (Lipinski definition) is 3. The zero-order valence-electron chi connectivity index (χ0n) is 11.1. The molecule has 4 heteroatoms. The summed E-state index contributed by atoms with van der Waals surface area (Å²) in [6.07, 6.45) is 2.60. The van der Waals surface area contributed by atoms with E-state index in [0.29, 0.717) is 26.2 Å². The predicted octanol–water partition coefficient (Wildman–Crippen LogP) is 2.68. The van der Waals surface area contributed by atoms with Gasteiger partial charge in [0.05, 0.1) is 13.2 Å². The Balaban J connectivity index is 2.08. The number of nitrogens with zero attached hydrogens (tertiary/aromatic N) is 1. The Labute approximate surface area is 108 Å². The van der Waals surface area contributed by atoms with Crippen LogP contribution in [0.15, 0.2) is 16.5 Å². The van der Waals surface area contributed by atoms with E-state index in [2.05, 4.69) is 6.92 Å². The molecule has 18 heavy (non-hydrogen) atoms. The van der Waals surface area contributed by atoms with Crippen LogP contribution in [0, 0.1) is 6.92 Å². The molecule has 1 saturated heterocycles. The lowest BCUT2D eigenvalue weighted by molar-refractivity contribution is -0.141. The number of hydrogen-bond donors (Lipinski definition) is 0. The molecule has 1 fully saturated rings. The second-order valence-corrected chi connectivity index (χ2v) is 4.73. The minimum atomic E-state index is -0.0585. The molecule has 0 radical (unpaired) electrons. The summed E-state index contributed by atoms with van der Waals surface area (Å²) in [6, 6.07) is 3.81. The van der Waals surface area contributed by atoms with Crippen molar-refractivity contribution in [3.63, 3.8) is 0 Å². The SMILES string of the molecule is CCCCC(=O)N1CCOCC1c1ccc(C)o1. The van der Waals surface area contributed by atoms with Gasteiger partial charge in [0.1, 0.15) is 17.6 Å². The summed E-state index contributed by atoms with van der Waals surface area (Å²) in [7, 11) is 0. The number of carbonyl (C=O) groups is 1. The van der Waals surface area contributed by atoms with Gasteiger partial charge in [-0.1, -0.05) is 13.3 Å². The Kier molecular flexibility index (Phi) is 4.42. The molecule has 1 aliphatic heterocycles. The lowest BCUT2D eigenvalue weighted by atomic mass is 10.1. The van der Waals surface area contributed by atoms with Gasteiger partial charge < -0.3 is 14.1 Å². The molecule has 1 atom stereocenters. The third-order valence-corrected chi connectivity index (χ3v) is 3.28. The van der Waals surface area contributed by atoms with Crippen LogP contribution < -0.4 is 0 Å². The summed E-state index contributed by atoms with van der Waals surface area (Å²) >= 11 is 0. The first-order valence-electron chi connectivity index (χ1n) is 6.66. The summed E-state index contributed by atoms with van der Waals surface area (Å²) in [5.74, 6) is 1.91. The Morgan fingerprint density at radius 2 is 2.33 bits per heavy atom. The number of rotatable bonds is 4. The van der Waals surface area contributed by atoms with Gasteiger partial charge >= 0.3 is 0 Å². The molecule has 0 aliphatic carbocycles. The van der Waals surface area contributed by atoms with Crippen molar-refractivity contribution in [3.05, 3.63) is 23.7 Å². The van der Waals surface area contributed by atoms with Crippen LogP contribution in [0.1, 0.15) is 43.7 Å². The zero-order valence-corrected chi connectivity index (χ0v) is 11.1. The molecular weight excluding hydrogens is 230 g/mol. The monoisotopic (exact) mass is 251 g/mol. The Bertz CT molecular complexity index is 399. The molecule has 1 aliphatic rings. The van der Waals surface area contributed by atoms with Crippen LogP contribution in [0.5, 0.6) is 0 Å². The van der Waals surface area contributed by atoms with Crippen LogP contribution in [0.4, 0.5) is 0 Å². The van der Waals surface area contributed by atoms with Crippen molar-refractivity contribution in [1.29, 1.82) is 0 Å². The summed E-state index contributed by atoms with van der Waals surface area (Å²) in [4.78, 5) is 14.1. The van der Waals surface area contributed by atoms with Crippen molar-refractivity contribution >= 4 is 5.91 Å². The van der Waals surface area contributed by atoms with E-state index in [9.17, 15) is 4.79 Å². The molecule has 4 nitrogen and oxygen atoms in total. The highest BCUT2D eigenvalue weighted by Crippen LogP contribution is 2.26. The molecule has 0 spiro atoms. The van der Waals surface area contributed by atoms with Crippen molar-refractivity contribution in [2.45, 2.75) is 39.2 Å². The van der Waals surface area contributed by atoms with Crippen molar-refractivity contribution in [2.24, 2.45) is 0 Å². The number of aryl methyl sites for hydroxylation is 1.